The highest BCUT2D eigenvalue weighted by Crippen LogP contribution is 2.01. The molecule has 0 spiro atoms. The van der Waals surface area contributed by atoms with Gasteiger partial charge in [-0.25, -0.2) is 0 Å². The van der Waals surface area contributed by atoms with Gasteiger partial charge in [0.25, 0.3) is 0 Å². The minimum Gasteiger partial charge on any atom is -0.322 e. The number of hydrogen-bond donors (Lipinski definition) is 1. The lowest BCUT2D eigenvalue weighted by atomic mass is 10.3. The van der Waals surface area contributed by atoms with Crippen molar-refractivity contribution in [3.63, 3.8) is 0 Å². The summed E-state index contributed by atoms with van der Waals surface area (Å²) in [6.45, 7) is 1.88. The van der Waals surface area contributed by atoms with Crippen molar-refractivity contribution >= 4 is 0 Å². The zero-order chi connectivity index (χ0) is 6.85. The summed E-state index contributed by atoms with van der Waals surface area (Å²) in [4.78, 5) is 0. The Morgan fingerprint density at radius 1 is 1.78 bits per heavy atom. The highest BCUT2D eigenvalue weighted by Gasteiger charge is 2.03. The van der Waals surface area contributed by atoms with Crippen molar-refractivity contribution in [2.45, 2.75) is 13.0 Å². The van der Waals surface area contributed by atoms with Gasteiger partial charge in [-0.3, -0.25) is 0 Å². The Bertz CT molecular complexity index is 191. The van der Waals surface area contributed by atoms with Crippen molar-refractivity contribution in [3.05, 3.63) is 12.2 Å². The first-order valence-corrected chi connectivity index (χ1v) is 2.81. The van der Waals surface area contributed by atoms with E-state index in [4.69, 9.17) is 5.73 Å². The van der Waals surface area contributed by atoms with Crippen LogP contribution in [0, 0.1) is 0 Å². The number of aryl methyl sites for hydroxylation is 1. The summed E-state index contributed by atoms with van der Waals surface area (Å²) in [7, 11) is 1.87. The van der Waals surface area contributed by atoms with Crippen LogP contribution < -0.4 is 5.73 Å². The van der Waals surface area contributed by atoms with Crippen LogP contribution in [0.25, 0.3) is 0 Å². The quantitative estimate of drug-likeness (QED) is 0.568. The molecule has 9 heavy (non-hydrogen) atoms. The molecule has 0 unspecified atom stereocenters. The van der Waals surface area contributed by atoms with Gasteiger partial charge in [0.15, 0.2) is 0 Å². The molecule has 0 aliphatic rings. The molecule has 0 aromatic carbocycles. The van der Waals surface area contributed by atoms with Gasteiger partial charge in [-0.1, -0.05) is 0 Å². The predicted molar refractivity (Wildman–Crippen MR) is 33.6 cm³/mol. The van der Waals surface area contributed by atoms with Gasteiger partial charge in [0, 0.05) is 7.05 Å². The summed E-state index contributed by atoms with van der Waals surface area (Å²) in [6, 6.07) is -0.0301. The van der Waals surface area contributed by atoms with Gasteiger partial charge in [0.1, 0.15) is 12.2 Å². The Balaban J connectivity index is 2.94. The minimum atomic E-state index is -0.0301. The molecule has 4 nitrogen and oxygen atoms in total. The van der Waals surface area contributed by atoms with E-state index >= 15 is 0 Å². The molecule has 0 aliphatic heterocycles. The van der Waals surface area contributed by atoms with Gasteiger partial charge in [0.05, 0.1) is 6.04 Å². The number of aromatic nitrogens is 3. The molecule has 50 valence electrons. The first-order valence-electron chi connectivity index (χ1n) is 2.81. The Hall–Kier alpha value is -0.900. The number of nitrogens with zero attached hydrogens (tertiary/aromatic N) is 3. The monoisotopic (exact) mass is 126 g/mol. The van der Waals surface area contributed by atoms with E-state index in [1.165, 1.54) is 0 Å². The van der Waals surface area contributed by atoms with Crippen LogP contribution >= 0.6 is 0 Å². The molecule has 0 amide bonds. The summed E-state index contributed by atoms with van der Waals surface area (Å²) in [5.74, 6) is 0.815. The SMILES string of the molecule is C[C@@H](N)c1nncn1C. The molecule has 4 heteroatoms. The number of hydrogen-bond acceptors (Lipinski definition) is 3. The molecule has 1 heterocycles. The van der Waals surface area contributed by atoms with E-state index in [0.717, 1.165) is 5.82 Å². The van der Waals surface area contributed by atoms with Gasteiger partial charge in [-0.05, 0) is 6.92 Å². The molecule has 0 saturated carbocycles. The van der Waals surface area contributed by atoms with Gasteiger partial charge in [-0.2, -0.15) is 0 Å². The fraction of sp³-hybridized carbons (Fsp3) is 0.600. The van der Waals surface area contributed by atoms with Crippen molar-refractivity contribution < 1.29 is 0 Å². The zero-order valence-electron chi connectivity index (χ0n) is 5.57. The lowest BCUT2D eigenvalue weighted by Crippen LogP contribution is -2.10. The molecule has 0 fully saturated rings. The third-order valence-corrected chi connectivity index (χ3v) is 1.15. The van der Waals surface area contributed by atoms with Crippen molar-refractivity contribution in [1.82, 2.24) is 14.8 Å². The smallest absolute Gasteiger partial charge is 0.149 e. The first kappa shape index (κ1) is 6.22. The molecule has 0 radical (unpaired) electrons. The standard InChI is InChI=1S/C5H10N4/c1-4(6)5-8-7-3-9(5)2/h3-4H,6H2,1-2H3/t4-/m1/s1. The van der Waals surface area contributed by atoms with Crippen molar-refractivity contribution in [2.75, 3.05) is 0 Å². The lowest BCUT2D eigenvalue weighted by molar-refractivity contribution is 0.684. The summed E-state index contributed by atoms with van der Waals surface area (Å²) in [6.07, 6.45) is 1.64. The molecule has 1 rings (SSSR count). The van der Waals surface area contributed by atoms with Crippen LogP contribution in [0.1, 0.15) is 18.8 Å². The molecular formula is C5H10N4. The summed E-state index contributed by atoms with van der Waals surface area (Å²) in [5, 5.41) is 7.48. The Labute approximate surface area is 53.7 Å². The van der Waals surface area contributed by atoms with E-state index in [1.807, 2.05) is 18.5 Å². The second-order valence-electron chi connectivity index (χ2n) is 2.09. The molecule has 2 N–H and O–H groups in total. The zero-order valence-corrected chi connectivity index (χ0v) is 5.57. The topological polar surface area (TPSA) is 56.7 Å². The molecule has 0 aliphatic carbocycles. The van der Waals surface area contributed by atoms with E-state index in [1.54, 1.807) is 6.33 Å². The second-order valence-corrected chi connectivity index (χ2v) is 2.09. The second kappa shape index (κ2) is 2.14. The van der Waals surface area contributed by atoms with E-state index in [0.29, 0.717) is 0 Å². The largest absolute Gasteiger partial charge is 0.322 e. The van der Waals surface area contributed by atoms with Crippen LogP contribution in [0.2, 0.25) is 0 Å². The minimum absolute atomic E-state index is 0.0301. The highest BCUT2D eigenvalue weighted by atomic mass is 15.3. The van der Waals surface area contributed by atoms with Crippen LogP contribution in [-0.4, -0.2) is 14.8 Å². The van der Waals surface area contributed by atoms with E-state index in [9.17, 15) is 0 Å². The van der Waals surface area contributed by atoms with Crippen LogP contribution in [0.4, 0.5) is 0 Å². The van der Waals surface area contributed by atoms with E-state index in [2.05, 4.69) is 10.2 Å². The lowest BCUT2D eigenvalue weighted by Gasteiger charge is -2.00. The fourth-order valence-electron chi connectivity index (χ4n) is 0.704. The predicted octanol–water partition coefficient (Wildman–Crippen LogP) is -0.165. The van der Waals surface area contributed by atoms with Gasteiger partial charge < -0.3 is 10.3 Å². The van der Waals surface area contributed by atoms with Crippen molar-refractivity contribution in [2.24, 2.45) is 12.8 Å². The Kier molecular flexibility index (Phi) is 1.48. The Morgan fingerprint density at radius 3 is 2.67 bits per heavy atom. The van der Waals surface area contributed by atoms with E-state index < -0.39 is 0 Å². The maximum absolute atomic E-state index is 5.54. The van der Waals surface area contributed by atoms with Crippen molar-refractivity contribution in [1.29, 1.82) is 0 Å². The Morgan fingerprint density at radius 2 is 2.44 bits per heavy atom. The summed E-state index contributed by atoms with van der Waals surface area (Å²) < 4.78 is 1.81. The number of nitrogens with two attached hydrogens (primary N) is 1. The molecule has 1 atom stereocenters. The van der Waals surface area contributed by atoms with Gasteiger partial charge in [0.2, 0.25) is 0 Å². The normalized spacial score (nSPS) is 13.7. The number of rotatable bonds is 1. The fourth-order valence-corrected chi connectivity index (χ4v) is 0.704. The summed E-state index contributed by atoms with van der Waals surface area (Å²) >= 11 is 0. The average Bonchev–Trinajstić information content (AvgIpc) is 2.13. The molecular weight excluding hydrogens is 116 g/mol. The van der Waals surface area contributed by atoms with Crippen LogP contribution in [0.5, 0.6) is 0 Å². The maximum atomic E-state index is 5.54. The van der Waals surface area contributed by atoms with Crippen LogP contribution in [0.3, 0.4) is 0 Å². The molecule has 0 bridgehead atoms. The highest BCUT2D eigenvalue weighted by molar-refractivity contribution is 4.89. The average molecular weight is 126 g/mol. The summed E-state index contributed by atoms with van der Waals surface area (Å²) in [5.41, 5.74) is 5.54. The first-order chi connectivity index (χ1) is 4.22. The van der Waals surface area contributed by atoms with Gasteiger partial charge >= 0.3 is 0 Å². The van der Waals surface area contributed by atoms with E-state index in [-0.39, 0.29) is 6.04 Å². The van der Waals surface area contributed by atoms with Gasteiger partial charge in [-0.15, -0.1) is 10.2 Å². The molecule has 1 aromatic rings. The maximum Gasteiger partial charge on any atom is 0.149 e. The van der Waals surface area contributed by atoms with Crippen LogP contribution in [0.15, 0.2) is 6.33 Å². The molecule has 1 aromatic heterocycles. The third kappa shape index (κ3) is 1.08. The molecule has 0 saturated heterocycles. The third-order valence-electron chi connectivity index (χ3n) is 1.15. The van der Waals surface area contributed by atoms with Crippen LogP contribution in [-0.2, 0) is 7.05 Å². The van der Waals surface area contributed by atoms with Crippen molar-refractivity contribution in [3.8, 4) is 0 Å².